The van der Waals surface area contributed by atoms with Gasteiger partial charge in [-0.15, -0.1) is 0 Å². The highest BCUT2D eigenvalue weighted by Crippen LogP contribution is 2.12. The molecule has 0 aromatic rings. The first-order valence-electron chi connectivity index (χ1n) is 9.54. The van der Waals surface area contributed by atoms with Crippen LogP contribution in [0, 0.1) is 0 Å². The largest absolute Gasteiger partial charge is 0.328 e. The first-order valence-corrected chi connectivity index (χ1v) is 11.1. The molecule has 0 unspecified atom stereocenters. The Kier molecular flexibility index (Phi) is 13.1. The van der Waals surface area contributed by atoms with E-state index in [1.54, 1.807) is 0 Å². The van der Waals surface area contributed by atoms with Gasteiger partial charge < -0.3 is 4.48 Å². The molecule has 1 N–H and O–H groups in total. The van der Waals surface area contributed by atoms with Gasteiger partial charge in [-0.25, -0.2) is 0 Å². The van der Waals surface area contributed by atoms with Gasteiger partial charge in [0, 0.05) is 6.42 Å². The zero-order valence-corrected chi connectivity index (χ0v) is 16.5. The molecule has 0 saturated heterocycles. The molecule has 0 spiro atoms. The lowest BCUT2D eigenvalue weighted by molar-refractivity contribution is -0.890. The molecular formula is C18H40NO3S+. The predicted molar refractivity (Wildman–Crippen MR) is 99.3 cm³/mol. The molecule has 0 saturated carbocycles. The molecule has 4 nitrogen and oxygen atoms in total. The van der Waals surface area contributed by atoms with Crippen LogP contribution < -0.4 is 0 Å². The normalized spacial score (nSPS) is 12.7. The molecule has 0 fully saturated rings. The predicted octanol–water partition coefficient (Wildman–Crippen LogP) is 4.65. The lowest BCUT2D eigenvalue weighted by atomic mass is 10.1. The van der Waals surface area contributed by atoms with Crippen LogP contribution in [0.25, 0.3) is 0 Å². The molecule has 23 heavy (non-hydrogen) atoms. The van der Waals surface area contributed by atoms with E-state index in [0.717, 1.165) is 17.6 Å². The highest BCUT2D eigenvalue weighted by atomic mass is 32.2. The minimum absolute atomic E-state index is 0.118. The Morgan fingerprint density at radius 3 is 1.52 bits per heavy atom. The second-order valence-electron chi connectivity index (χ2n) is 7.56. The summed E-state index contributed by atoms with van der Waals surface area (Å²) >= 11 is 0. The molecule has 0 amide bonds. The first-order chi connectivity index (χ1) is 10.8. The Labute approximate surface area is 145 Å². The van der Waals surface area contributed by atoms with Crippen molar-refractivity contribution < 1.29 is 17.5 Å². The monoisotopic (exact) mass is 350 g/mol. The molecule has 0 aliphatic carbocycles. The van der Waals surface area contributed by atoms with Crippen molar-refractivity contribution in [2.75, 3.05) is 32.9 Å². The number of rotatable bonds is 16. The van der Waals surface area contributed by atoms with Crippen molar-refractivity contribution in [2.45, 2.75) is 84.0 Å². The highest BCUT2D eigenvalue weighted by molar-refractivity contribution is 7.85. The Morgan fingerprint density at radius 1 is 0.696 bits per heavy atom. The average Bonchev–Trinajstić information content (AvgIpc) is 2.43. The third kappa shape index (κ3) is 18.1. The maximum atomic E-state index is 10.7. The van der Waals surface area contributed by atoms with Crippen LogP contribution in [0.3, 0.4) is 0 Å². The van der Waals surface area contributed by atoms with E-state index < -0.39 is 10.1 Å². The molecule has 140 valence electrons. The maximum absolute atomic E-state index is 10.7. The Bertz CT molecular complexity index is 366. The summed E-state index contributed by atoms with van der Waals surface area (Å²) in [7, 11) is 0.476. The summed E-state index contributed by atoms with van der Waals surface area (Å²) in [6, 6.07) is 0. The van der Waals surface area contributed by atoms with Crippen molar-refractivity contribution >= 4 is 10.1 Å². The van der Waals surface area contributed by atoms with Gasteiger partial charge in [0.15, 0.2) is 0 Å². The van der Waals surface area contributed by atoms with Crippen molar-refractivity contribution in [1.82, 2.24) is 0 Å². The molecule has 0 radical (unpaired) electrons. The van der Waals surface area contributed by atoms with Gasteiger partial charge in [0.2, 0.25) is 0 Å². The summed E-state index contributed by atoms with van der Waals surface area (Å²) in [5, 5.41) is 0. The molecule has 0 bridgehead atoms. The summed E-state index contributed by atoms with van der Waals surface area (Å²) in [5.41, 5.74) is 0. The van der Waals surface area contributed by atoms with Crippen molar-refractivity contribution in [3.8, 4) is 0 Å². The van der Waals surface area contributed by atoms with Crippen LogP contribution in [-0.2, 0) is 10.1 Å². The summed E-state index contributed by atoms with van der Waals surface area (Å²) in [6.45, 7) is 4.15. The van der Waals surface area contributed by atoms with E-state index in [9.17, 15) is 8.42 Å². The topological polar surface area (TPSA) is 54.4 Å². The molecule has 0 aliphatic heterocycles. The number of nitrogens with zero attached hydrogens (tertiary/aromatic N) is 1. The van der Waals surface area contributed by atoms with E-state index in [2.05, 4.69) is 21.0 Å². The zero-order chi connectivity index (χ0) is 17.6. The fraction of sp³-hybridized carbons (Fsp3) is 1.00. The minimum Gasteiger partial charge on any atom is -0.328 e. The van der Waals surface area contributed by atoms with Gasteiger partial charge >= 0.3 is 0 Å². The Balaban J connectivity index is 3.42. The van der Waals surface area contributed by atoms with Crippen molar-refractivity contribution in [3.63, 3.8) is 0 Å². The molecular weight excluding hydrogens is 310 g/mol. The Morgan fingerprint density at radius 2 is 1.09 bits per heavy atom. The van der Waals surface area contributed by atoms with Crippen LogP contribution in [0.15, 0.2) is 0 Å². The smallest absolute Gasteiger partial charge is 0.265 e. The fourth-order valence-corrected chi connectivity index (χ4v) is 3.48. The molecule has 0 aromatic carbocycles. The number of quaternary nitrogens is 1. The second-order valence-corrected chi connectivity index (χ2v) is 9.13. The third-order valence-electron chi connectivity index (χ3n) is 4.53. The minimum atomic E-state index is -3.80. The van der Waals surface area contributed by atoms with Gasteiger partial charge in [0.25, 0.3) is 10.1 Å². The van der Waals surface area contributed by atoms with Crippen LogP contribution in [-0.4, -0.2) is 50.4 Å². The lowest BCUT2D eigenvalue weighted by Gasteiger charge is -2.29. The van der Waals surface area contributed by atoms with Gasteiger partial charge in [-0.3, -0.25) is 4.55 Å². The van der Waals surface area contributed by atoms with Gasteiger partial charge in [-0.1, -0.05) is 64.7 Å². The van der Waals surface area contributed by atoms with E-state index in [1.165, 1.54) is 70.6 Å². The maximum Gasteiger partial charge on any atom is 0.265 e. The van der Waals surface area contributed by atoms with Crippen LogP contribution >= 0.6 is 0 Å². The second kappa shape index (κ2) is 13.2. The molecule has 5 heteroatoms. The average molecular weight is 351 g/mol. The molecule has 0 heterocycles. The van der Waals surface area contributed by atoms with Gasteiger partial charge in [-0.05, 0) is 12.8 Å². The lowest BCUT2D eigenvalue weighted by Crippen LogP contribution is -2.41. The molecule has 0 aromatic heterocycles. The van der Waals surface area contributed by atoms with E-state index in [0.29, 0.717) is 6.42 Å². The van der Waals surface area contributed by atoms with Crippen LogP contribution in [0.5, 0.6) is 0 Å². The van der Waals surface area contributed by atoms with Crippen molar-refractivity contribution in [1.29, 1.82) is 0 Å². The van der Waals surface area contributed by atoms with E-state index in [-0.39, 0.29) is 5.75 Å². The number of hydrogen-bond acceptors (Lipinski definition) is 2. The number of hydrogen-bond donors (Lipinski definition) is 1. The van der Waals surface area contributed by atoms with E-state index in [1.807, 2.05) is 0 Å². The molecule has 0 aliphatic rings. The first kappa shape index (κ1) is 22.9. The standard InChI is InChI=1S/C18H39NO3S/c1-4-5-6-7-8-9-10-11-12-13-14-16-19(2,3)17-15-18-23(20,21)22/h4-18H2,1-3H3/p+1. The van der Waals surface area contributed by atoms with Crippen molar-refractivity contribution in [2.24, 2.45) is 0 Å². The Hall–Kier alpha value is -0.130. The van der Waals surface area contributed by atoms with Crippen LogP contribution in [0.2, 0.25) is 0 Å². The van der Waals surface area contributed by atoms with E-state index in [4.69, 9.17) is 4.55 Å². The van der Waals surface area contributed by atoms with Gasteiger partial charge in [0.05, 0.1) is 32.9 Å². The highest BCUT2D eigenvalue weighted by Gasteiger charge is 2.16. The van der Waals surface area contributed by atoms with Crippen molar-refractivity contribution in [3.05, 3.63) is 0 Å². The van der Waals surface area contributed by atoms with Crippen LogP contribution in [0.4, 0.5) is 0 Å². The van der Waals surface area contributed by atoms with Crippen LogP contribution in [0.1, 0.15) is 84.0 Å². The summed E-state index contributed by atoms with van der Waals surface area (Å²) in [6.07, 6.45) is 15.4. The van der Waals surface area contributed by atoms with Gasteiger partial charge in [-0.2, -0.15) is 8.42 Å². The number of unbranched alkanes of at least 4 members (excludes halogenated alkanes) is 10. The quantitative estimate of drug-likeness (QED) is 0.250. The summed E-state index contributed by atoms with van der Waals surface area (Å²) in [4.78, 5) is 0. The van der Waals surface area contributed by atoms with E-state index >= 15 is 0 Å². The molecule has 0 rings (SSSR count). The van der Waals surface area contributed by atoms with Gasteiger partial charge in [0.1, 0.15) is 0 Å². The fourth-order valence-electron chi connectivity index (χ4n) is 2.99. The third-order valence-corrected chi connectivity index (χ3v) is 5.34. The summed E-state index contributed by atoms with van der Waals surface area (Å²) < 4.78 is 31.0. The SMILES string of the molecule is CCCCCCCCCCCCC[N+](C)(C)CCCS(=O)(=O)O. The summed E-state index contributed by atoms with van der Waals surface area (Å²) in [5.74, 6) is -0.118. The molecule has 0 atom stereocenters. The zero-order valence-electron chi connectivity index (χ0n) is 15.7.